The maximum absolute atomic E-state index is 6.62. The topological polar surface area (TPSA) is 16.4 Å². The van der Waals surface area contributed by atoms with Crippen molar-refractivity contribution in [2.75, 3.05) is 4.90 Å². The highest BCUT2D eigenvalue weighted by molar-refractivity contribution is 7.26. The molecule has 2 heterocycles. The molecule has 0 saturated carbocycles. The molecule has 2 nitrogen and oxygen atoms in total. The molecule has 10 aromatic rings. The second kappa shape index (κ2) is 10.3. The van der Waals surface area contributed by atoms with Crippen LogP contribution in [0.4, 0.5) is 17.1 Å². The number of para-hydroxylation sites is 1. The SMILES string of the molecule is c1ccc(N(c2ccc3c(c2)oc2c4ccccc4ccc32)c2ccc3sc4cccc(-c5cccc6ccccc56)c4c3c2)cc1. The van der Waals surface area contributed by atoms with Gasteiger partial charge < -0.3 is 9.32 Å². The molecule has 10 rings (SSSR count). The summed E-state index contributed by atoms with van der Waals surface area (Å²) in [5.74, 6) is 0. The van der Waals surface area contributed by atoms with E-state index in [1.54, 1.807) is 0 Å². The Morgan fingerprint density at radius 1 is 0.404 bits per heavy atom. The third-order valence-corrected chi connectivity index (χ3v) is 10.6. The molecular formula is C44H27NOS. The van der Waals surface area contributed by atoms with Crippen molar-refractivity contribution in [3.8, 4) is 11.1 Å². The molecule has 0 fully saturated rings. The molecule has 47 heavy (non-hydrogen) atoms. The van der Waals surface area contributed by atoms with Crippen LogP contribution in [0.15, 0.2) is 168 Å². The van der Waals surface area contributed by atoms with Gasteiger partial charge in [-0.2, -0.15) is 0 Å². The van der Waals surface area contributed by atoms with Crippen molar-refractivity contribution < 1.29 is 4.42 Å². The molecule has 0 bridgehead atoms. The molecule has 0 radical (unpaired) electrons. The summed E-state index contributed by atoms with van der Waals surface area (Å²) >= 11 is 1.86. The molecule has 0 aliphatic carbocycles. The van der Waals surface area contributed by atoms with E-state index in [-0.39, 0.29) is 0 Å². The number of fused-ring (bicyclic) bond motifs is 9. The van der Waals surface area contributed by atoms with Crippen molar-refractivity contribution in [3.05, 3.63) is 164 Å². The molecule has 0 atom stereocenters. The Bertz CT molecular complexity index is 2800. The maximum atomic E-state index is 6.62. The lowest BCUT2D eigenvalue weighted by Gasteiger charge is -2.25. The maximum Gasteiger partial charge on any atom is 0.143 e. The fourth-order valence-electron chi connectivity index (χ4n) is 7.29. The molecule has 0 unspecified atom stereocenters. The number of benzene rings is 8. The summed E-state index contributed by atoms with van der Waals surface area (Å²) in [7, 11) is 0. The van der Waals surface area contributed by atoms with Gasteiger partial charge in [-0.05, 0) is 81.9 Å². The summed E-state index contributed by atoms with van der Waals surface area (Å²) in [6, 6.07) is 59.0. The summed E-state index contributed by atoms with van der Waals surface area (Å²) in [6.07, 6.45) is 0. The van der Waals surface area contributed by atoms with Crippen molar-refractivity contribution in [2.24, 2.45) is 0 Å². The summed E-state index contributed by atoms with van der Waals surface area (Å²) in [6.45, 7) is 0. The van der Waals surface area contributed by atoms with E-state index in [0.717, 1.165) is 44.4 Å². The van der Waals surface area contributed by atoms with Gasteiger partial charge in [0.25, 0.3) is 0 Å². The van der Waals surface area contributed by atoms with Gasteiger partial charge in [-0.1, -0.05) is 103 Å². The summed E-state index contributed by atoms with van der Waals surface area (Å²) in [4.78, 5) is 2.34. The summed E-state index contributed by atoms with van der Waals surface area (Å²) in [5, 5.41) is 9.69. The minimum atomic E-state index is 0.884. The van der Waals surface area contributed by atoms with Crippen LogP contribution in [0.3, 0.4) is 0 Å². The Hall–Kier alpha value is -5.90. The van der Waals surface area contributed by atoms with Crippen LogP contribution in [-0.4, -0.2) is 0 Å². The first-order valence-electron chi connectivity index (χ1n) is 15.9. The van der Waals surface area contributed by atoms with Gasteiger partial charge in [-0.15, -0.1) is 11.3 Å². The molecule has 0 N–H and O–H groups in total. The highest BCUT2D eigenvalue weighted by Gasteiger charge is 2.19. The van der Waals surface area contributed by atoms with Gasteiger partial charge in [0.2, 0.25) is 0 Å². The Morgan fingerprint density at radius 3 is 1.98 bits per heavy atom. The van der Waals surface area contributed by atoms with Crippen LogP contribution in [0.1, 0.15) is 0 Å². The first kappa shape index (κ1) is 26.3. The van der Waals surface area contributed by atoms with Gasteiger partial charge in [0, 0.05) is 59.5 Å². The van der Waals surface area contributed by atoms with E-state index in [2.05, 4.69) is 169 Å². The van der Waals surface area contributed by atoms with Crippen molar-refractivity contribution >= 4 is 92.1 Å². The van der Waals surface area contributed by atoms with Crippen molar-refractivity contribution in [3.63, 3.8) is 0 Å². The quantitative estimate of drug-likeness (QED) is 0.195. The fraction of sp³-hybridized carbons (Fsp3) is 0. The smallest absolute Gasteiger partial charge is 0.143 e. The Morgan fingerprint density at radius 2 is 1.09 bits per heavy atom. The number of thiophene rings is 1. The van der Waals surface area contributed by atoms with Gasteiger partial charge in [0.1, 0.15) is 11.2 Å². The molecular weight excluding hydrogens is 591 g/mol. The highest BCUT2D eigenvalue weighted by Crippen LogP contribution is 2.45. The zero-order valence-corrected chi connectivity index (χ0v) is 26.2. The number of anilines is 3. The Labute approximate surface area is 275 Å². The van der Waals surface area contributed by atoms with Gasteiger partial charge in [0.05, 0.1) is 0 Å². The Balaban J connectivity index is 1.19. The van der Waals surface area contributed by atoms with E-state index in [1.165, 1.54) is 47.5 Å². The van der Waals surface area contributed by atoms with E-state index < -0.39 is 0 Å². The van der Waals surface area contributed by atoms with Crippen molar-refractivity contribution in [1.29, 1.82) is 0 Å². The molecule has 8 aromatic carbocycles. The third kappa shape index (κ3) is 4.10. The molecule has 0 spiro atoms. The summed E-state index contributed by atoms with van der Waals surface area (Å²) in [5.41, 5.74) is 7.62. The van der Waals surface area contributed by atoms with Gasteiger partial charge in [0.15, 0.2) is 0 Å². The predicted molar refractivity (Wildman–Crippen MR) is 202 cm³/mol. The molecule has 0 aliphatic heterocycles. The largest absolute Gasteiger partial charge is 0.455 e. The van der Waals surface area contributed by atoms with E-state index >= 15 is 0 Å². The molecule has 0 aliphatic rings. The molecule has 0 saturated heterocycles. The van der Waals surface area contributed by atoms with Gasteiger partial charge in [-0.25, -0.2) is 0 Å². The van der Waals surface area contributed by atoms with E-state index in [0.29, 0.717) is 0 Å². The van der Waals surface area contributed by atoms with Crippen LogP contribution < -0.4 is 4.90 Å². The minimum absolute atomic E-state index is 0.884. The van der Waals surface area contributed by atoms with Crippen LogP contribution in [0.5, 0.6) is 0 Å². The second-order valence-electron chi connectivity index (χ2n) is 12.1. The minimum Gasteiger partial charge on any atom is -0.455 e. The van der Waals surface area contributed by atoms with Crippen molar-refractivity contribution in [1.82, 2.24) is 0 Å². The van der Waals surface area contributed by atoms with E-state index in [4.69, 9.17) is 4.42 Å². The van der Waals surface area contributed by atoms with Crippen LogP contribution in [0.2, 0.25) is 0 Å². The van der Waals surface area contributed by atoms with E-state index in [9.17, 15) is 0 Å². The lowest BCUT2D eigenvalue weighted by molar-refractivity contribution is 0.672. The Kier molecular flexibility index (Phi) is 5.78. The van der Waals surface area contributed by atoms with Crippen LogP contribution >= 0.6 is 11.3 Å². The first-order valence-corrected chi connectivity index (χ1v) is 16.7. The zero-order chi connectivity index (χ0) is 30.9. The van der Waals surface area contributed by atoms with Crippen LogP contribution in [-0.2, 0) is 0 Å². The molecule has 0 amide bonds. The number of hydrogen-bond donors (Lipinski definition) is 0. The van der Waals surface area contributed by atoms with Gasteiger partial charge in [-0.3, -0.25) is 0 Å². The first-order chi connectivity index (χ1) is 23.3. The predicted octanol–water partition coefficient (Wildman–Crippen LogP) is 13.4. The third-order valence-electron chi connectivity index (χ3n) is 9.44. The van der Waals surface area contributed by atoms with Gasteiger partial charge >= 0.3 is 0 Å². The van der Waals surface area contributed by atoms with E-state index in [1.807, 2.05) is 11.3 Å². The zero-order valence-electron chi connectivity index (χ0n) is 25.4. The van der Waals surface area contributed by atoms with Crippen molar-refractivity contribution in [2.45, 2.75) is 0 Å². The molecule has 220 valence electrons. The highest BCUT2D eigenvalue weighted by atomic mass is 32.1. The monoisotopic (exact) mass is 617 g/mol. The second-order valence-corrected chi connectivity index (χ2v) is 13.2. The average molecular weight is 618 g/mol. The standard InChI is InChI=1S/C44H27NOS/c1-2-13-30(14-3-1)45(32-21-24-36-38-23-20-29-11-5-7-16-34(29)44(38)46-40(36)27-32)31-22-25-41-39(26-31)43-37(18-9-19-42(43)47-41)35-17-8-12-28-10-4-6-15-33(28)35/h1-27H. The van der Waals surface area contributed by atoms with Crippen LogP contribution in [0.25, 0.3) is 74.8 Å². The lowest BCUT2D eigenvalue weighted by atomic mass is 9.94. The molecule has 2 aromatic heterocycles. The number of furan rings is 1. The normalized spacial score (nSPS) is 11.8. The average Bonchev–Trinajstić information content (AvgIpc) is 3.70. The number of rotatable bonds is 4. The number of nitrogens with zero attached hydrogens (tertiary/aromatic N) is 1. The lowest BCUT2D eigenvalue weighted by Crippen LogP contribution is -2.09. The molecule has 3 heteroatoms. The number of hydrogen-bond acceptors (Lipinski definition) is 3. The fourth-order valence-corrected chi connectivity index (χ4v) is 8.41. The summed E-state index contributed by atoms with van der Waals surface area (Å²) < 4.78 is 9.20. The van der Waals surface area contributed by atoms with Crippen LogP contribution in [0, 0.1) is 0 Å².